The van der Waals surface area contributed by atoms with Gasteiger partial charge in [0.15, 0.2) is 0 Å². The van der Waals surface area contributed by atoms with Gasteiger partial charge in [-0.15, -0.1) is 0 Å². The van der Waals surface area contributed by atoms with Crippen molar-refractivity contribution in [2.45, 2.75) is 84.0 Å². The molecule has 0 heterocycles. The highest BCUT2D eigenvalue weighted by Crippen LogP contribution is 2.11. The summed E-state index contributed by atoms with van der Waals surface area (Å²) in [5.74, 6) is -3.17. The van der Waals surface area contributed by atoms with Gasteiger partial charge in [-0.05, 0) is 43.1 Å². The normalized spacial score (nSPS) is 15.5. The Morgan fingerprint density at radius 2 is 1.50 bits per heavy atom. The maximum Gasteiger partial charge on any atom is 0.326 e. The van der Waals surface area contributed by atoms with E-state index in [2.05, 4.69) is 16.0 Å². The molecule has 0 saturated heterocycles. The number of amides is 4. The molecule has 5 atom stereocenters. The van der Waals surface area contributed by atoms with Crippen molar-refractivity contribution in [3.05, 3.63) is 0 Å². The zero-order valence-corrected chi connectivity index (χ0v) is 21.6. The van der Waals surface area contributed by atoms with Crippen LogP contribution in [0.3, 0.4) is 0 Å². The van der Waals surface area contributed by atoms with Gasteiger partial charge in [0.25, 0.3) is 0 Å². The van der Waals surface area contributed by atoms with E-state index in [9.17, 15) is 29.1 Å². The summed E-state index contributed by atoms with van der Waals surface area (Å²) in [5, 5.41) is 17.2. The summed E-state index contributed by atoms with van der Waals surface area (Å²) in [4.78, 5) is 61.0. The van der Waals surface area contributed by atoms with Crippen molar-refractivity contribution in [1.82, 2.24) is 16.0 Å². The molecule has 0 aromatic heterocycles. The average Bonchev–Trinajstić information content (AvgIpc) is 2.76. The SMILES string of the molecule is CCC(C)C(NC(=O)C(N)CCC(N)=O)C(=O)NC(CCSC)C(=O)NC(CC(C)C)C(=O)O. The summed E-state index contributed by atoms with van der Waals surface area (Å²) in [5.41, 5.74) is 10.9. The Balaban J connectivity index is 5.48. The number of aliphatic carboxylic acids is 1. The largest absolute Gasteiger partial charge is 0.480 e. The fraction of sp³-hybridized carbons (Fsp3) is 0.773. The fourth-order valence-corrected chi connectivity index (χ4v) is 3.59. The first-order valence-corrected chi connectivity index (χ1v) is 12.9. The van der Waals surface area contributed by atoms with E-state index >= 15 is 0 Å². The number of thioether (sulfide) groups is 1. The highest BCUT2D eigenvalue weighted by Gasteiger charge is 2.32. The van der Waals surface area contributed by atoms with Crippen LogP contribution in [0.25, 0.3) is 0 Å². The summed E-state index contributed by atoms with van der Waals surface area (Å²) < 4.78 is 0. The number of rotatable bonds is 17. The van der Waals surface area contributed by atoms with Crippen molar-refractivity contribution < 1.29 is 29.1 Å². The van der Waals surface area contributed by atoms with Crippen molar-refractivity contribution in [3.63, 3.8) is 0 Å². The van der Waals surface area contributed by atoms with Gasteiger partial charge in [-0.1, -0.05) is 34.1 Å². The van der Waals surface area contributed by atoms with Gasteiger partial charge in [-0.25, -0.2) is 4.79 Å². The van der Waals surface area contributed by atoms with E-state index in [1.165, 1.54) is 11.8 Å². The summed E-state index contributed by atoms with van der Waals surface area (Å²) in [6, 6.07) is -4.03. The van der Waals surface area contributed by atoms with E-state index in [0.29, 0.717) is 12.2 Å². The zero-order valence-electron chi connectivity index (χ0n) is 20.8. The minimum absolute atomic E-state index is 0.0429. The molecule has 11 nitrogen and oxygen atoms in total. The standard InChI is InChI=1S/C22H41N5O6S/c1-6-13(4)18(27-19(29)14(23)7-8-17(24)28)21(31)25-15(9-10-34-5)20(30)26-16(22(32)33)11-12(2)3/h12-16,18H,6-11,23H2,1-5H3,(H2,24,28)(H,25,31)(H,26,30)(H,27,29)(H,32,33). The summed E-state index contributed by atoms with van der Waals surface area (Å²) in [6.45, 7) is 7.33. The van der Waals surface area contributed by atoms with Crippen LogP contribution in [0.1, 0.15) is 59.8 Å². The Morgan fingerprint density at radius 3 is 1.97 bits per heavy atom. The molecule has 0 spiro atoms. The Bertz CT molecular complexity index is 705. The molecule has 34 heavy (non-hydrogen) atoms. The van der Waals surface area contributed by atoms with Crippen LogP contribution in [-0.2, 0) is 24.0 Å². The van der Waals surface area contributed by atoms with Crippen molar-refractivity contribution in [1.29, 1.82) is 0 Å². The number of primary amides is 1. The number of nitrogens with one attached hydrogen (secondary N) is 3. The van der Waals surface area contributed by atoms with Crippen LogP contribution in [0.15, 0.2) is 0 Å². The molecule has 0 aliphatic heterocycles. The maximum atomic E-state index is 13.1. The lowest BCUT2D eigenvalue weighted by molar-refractivity contribution is -0.143. The molecular formula is C22H41N5O6S. The third-order valence-electron chi connectivity index (χ3n) is 5.40. The lowest BCUT2D eigenvalue weighted by atomic mass is 9.97. The first kappa shape index (κ1) is 31.7. The molecule has 0 radical (unpaired) electrons. The van der Waals surface area contributed by atoms with Crippen LogP contribution in [0.4, 0.5) is 0 Å². The van der Waals surface area contributed by atoms with E-state index in [-0.39, 0.29) is 37.5 Å². The van der Waals surface area contributed by atoms with E-state index in [1.54, 1.807) is 6.92 Å². The van der Waals surface area contributed by atoms with Gasteiger partial charge in [0.05, 0.1) is 6.04 Å². The molecule has 0 aromatic rings. The number of carbonyl (C=O) groups is 5. The Hall–Kier alpha value is -2.34. The van der Waals surface area contributed by atoms with Crippen molar-refractivity contribution in [3.8, 4) is 0 Å². The van der Waals surface area contributed by atoms with E-state index in [0.717, 1.165) is 0 Å². The van der Waals surface area contributed by atoms with Gasteiger partial charge in [0.2, 0.25) is 23.6 Å². The minimum Gasteiger partial charge on any atom is -0.480 e. The molecule has 5 unspecified atom stereocenters. The Morgan fingerprint density at radius 1 is 0.912 bits per heavy atom. The summed E-state index contributed by atoms with van der Waals surface area (Å²) in [7, 11) is 0. The van der Waals surface area contributed by atoms with Crippen LogP contribution >= 0.6 is 11.8 Å². The zero-order chi connectivity index (χ0) is 26.4. The molecule has 0 saturated carbocycles. The monoisotopic (exact) mass is 503 g/mol. The maximum absolute atomic E-state index is 13.1. The second kappa shape index (κ2) is 16.3. The molecule has 4 amide bonds. The highest BCUT2D eigenvalue weighted by molar-refractivity contribution is 7.98. The van der Waals surface area contributed by atoms with Gasteiger partial charge >= 0.3 is 5.97 Å². The van der Waals surface area contributed by atoms with Crippen molar-refractivity contribution in [2.75, 3.05) is 12.0 Å². The Kier molecular flexibility index (Phi) is 15.2. The molecule has 0 fully saturated rings. The predicted molar refractivity (Wildman–Crippen MR) is 132 cm³/mol. The molecule has 0 aliphatic carbocycles. The van der Waals surface area contributed by atoms with E-state index in [4.69, 9.17) is 11.5 Å². The molecule has 0 aromatic carbocycles. The first-order chi connectivity index (χ1) is 15.8. The van der Waals surface area contributed by atoms with Crippen LogP contribution in [0.5, 0.6) is 0 Å². The molecular weight excluding hydrogens is 462 g/mol. The van der Waals surface area contributed by atoms with E-state index < -0.39 is 53.8 Å². The third-order valence-corrected chi connectivity index (χ3v) is 6.04. The number of hydrogen-bond acceptors (Lipinski definition) is 7. The van der Waals surface area contributed by atoms with Gasteiger partial charge < -0.3 is 32.5 Å². The van der Waals surface area contributed by atoms with Crippen LogP contribution < -0.4 is 27.4 Å². The molecule has 0 rings (SSSR count). The topological polar surface area (TPSA) is 194 Å². The third kappa shape index (κ3) is 12.2. The predicted octanol–water partition coefficient (Wildman–Crippen LogP) is -0.0365. The molecule has 196 valence electrons. The number of carboxylic acid groups (broad SMARTS) is 1. The smallest absolute Gasteiger partial charge is 0.326 e. The molecule has 0 bridgehead atoms. The van der Waals surface area contributed by atoms with Gasteiger partial charge in [-0.3, -0.25) is 19.2 Å². The van der Waals surface area contributed by atoms with E-state index in [1.807, 2.05) is 27.0 Å². The number of nitrogens with two attached hydrogens (primary N) is 2. The lowest BCUT2D eigenvalue weighted by Gasteiger charge is -2.28. The first-order valence-electron chi connectivity index (χ1n) is 11.5. The average molecular weight is 504 g/mol. The molecule has 0 aliphatic rings. The van der Waals surface area contributed by atoms with Crippen molar-refractivity contribution >= 4 is 41.4 Å². The summed E-state index contributed by atoms with van der Waals surface area (Å²) >= 11 is 1.48. The fourth-order valence-electron chi connectivity index (χ4n) is 3.12. The van der Waals surface area contributed by atoms with Crippen LogP contribution in [0.2, 0.25) is 0 Å². The number of carbonyl (C=O) groups excluding carboxylic acids is 4. The van der Waals surface area contributed by atoms with Crippen LogP contribution in [0, 0.1) is 11.8 Å². The van der Waals surface area contributed by atoms with Crippen molar-refractivity contribution in [2.24, 2.45) is 23.3 Å². The second-order valence-corrected chi connectivity index (χ2v) is 9.84. The van der Waals surface area contributed by atoms with Gasteiger partial charge in [-0.2, -0.15) is 11.8 Å². The van der Waals surface area contributed by atoms with Crippen LogP contribution in [-0.4, -0.2) is 70.9 Å². The lowest BCUT2D eigenvalue weighted by Crippen LogP contribution is -2.58. The van der Waals surface area contributed by atoms with Gasteiger partial charge in [0.1, 0.15) is 18.1 Å². The molecule has 8 N–H and O–H groups in total. The summed E-state index contributed by atoms with van der Waals surface area (Å²) in [6.07, 6.45) is 2.93. The highest BCUT2D eigenvalue weighted by atomic mass is 32.2. The molecule has 12 heteroatoms. The minimum atomic E-state index is -1.15. The number of hydrogen-bond donors (Lipinski definition) is 6. The second-order valence-electron chi connectivity index (χ2n) is 8.85. The van der Waals surface area contributed by atoms with Gasteiger partial charge in [0, 0.05) is 6.42 Å². The Labute approximate surface area is 205 Å². The number of carboxylic acids is 1. The quantitative estimate of drug-likeness (QED) is 0.159.